The first-order chi connectivity index (χ1) is 6.99. The summed E-state index contributed by atoms with van der Waals surface area (Å²) >= 11 is 0. The van der Waals surface area contributed by atoms with E-state index in [0.29, 0.717) is 13.1 Å². The molecule has 1 heterocycles. The Hall–Kier alpha value is -1.14. The number of rotatable bonds is 4. The maximum absolute atomic E-state index is 11.3. The van der Waals surface area contributed by atoms with Crippen molar-refractivity contribution >= 4 is 11.9 Å². The lowest BCUT2D eigenvalue weighted by Gasteiger charge is -2.32. The van der Waals surface area contributed by atoms with E-state index in [4.69, 9.17) is 5.11 Å². The monoisotopic (exact) mass is 216 g/mol. The minimum atomic E-state index is -1.03. The summed E-state index contributed by atoms with van der Waals surface area (Å²) in [6.45, 7) is 1.80. The normalized spacial score (nSPS) is 20.4. The van der Waals surface area contributed by atoms with E-state index in [1.807, 2.05) is 0 Å². The van der Waals surface area contributed by atoms with E-state index in [9.17, 15) is 14.7 Å². The molecule has 1 aliphatic heterocycles. The van der Waals surface area contributed by atoms with Crippen LogP contribution in [0.15, 0.2) is 0 Å². The number of hydrogen-bond donors (Lipinski definition) is 2. The molecule has 15 heavy (non-hydrogen) atoms. The van der Waals surface area contributed by atoms with Crippen LogP contribution in [0.2, 0.25) is 0 Å². The second-order valence-corrected chi connectivity index (χ2v) is 3.80. The van der Waals surface area contributed by atoms with Crippen LogP contribution in [0.4, 0.5) is 0 Å². The number of nitrogens with zero attached hydrogens (tertiary/aromatic N) is 2. The third-order valence-corrected chi connectivity index (χ3v) is 2.42. The molecule has 2 N–H and O–H groups in total. The first-order valence-corrected chi connectivity index (χ1v) is 4.85. The van der Waals surface area contributed by atoms with Crippen molar-refractivity contribution in [3.8, 4) is 0 Å². The number of likely N-dealkylation sites (N-methyl/N-ethyl adjacent to an activating group) is 1. The Morgan fingerprint density at radius 3 is 2.73 bits per heavy atom. The van der Waals surface area contributed by atoms with E-state index in [2.05, 4.69) is 0 Å². The Morgan fingerprint density at radius 2 is 2.20 bits per heavy atom. The van der Waals surface area contributed by atoms with Gasteiger partial charge in [-0.1, -0.05) is 0 Å². The molecule has 1 aliphatic rings. The van der Waals surface area contributed by atoms with Gasteiger partial charge < -0.3 is 15.1 Å². The van der Waals surface area contributed by atoms with Crippen LogP contribution in [0.3, 0.4) is 0 Å². The molecule has 0 spiro atoms. The predicted molar refractivity (Wildman–Crippen MR) is 52.3 cm³/mol. The van der Waals surface area contributed by atoms with Crippen molar-refractivity contribution < 1.29 is 19.8 Å². The Bertz CT molecular complexity index is 256. The summed E-state index contributed by atoms with van der Waals surface area (Å²) in [6, 6.07) is 0. The average Bonchev–Trinajstić information content (AvgIpc) is 2.10. The van der Waals surface area contributed by atoms with Crippen LogP contribution < -0.4 is 0 Å². The van der Waals surface area contributed by atoms with Gasteiger partial charge in [-0.15, -0.1) is 0 Å². The predicted octanol–water partition coefficient (Wildman–Crippen LogP) is -1.40. The summed E-state index contributed by atoms with van der Waals surface area (Å²) in [7, 11) is 1.73. The van der Waals surface area contributed by atoms with Gasteiger partial charge in [-0.3, -0.25) is 14.5 Å². The summed E-state index contributed by atoms with van der Waals surface area (Å²) in [5.74, 6) is -1.02. The van der Waals surface area contributed by atoms with E-state index in [-0.39, 0.29) is 25.4 Å². The van der Waals surface area contributed by atoms with Gasteiger partial charge in [0.25, 0.3) is 0 Å². The van der Waals surface area contributed by atoms with E-state index in [1.165, 1.54) is 0 Å². The highest BCUT2D eigenvalue weighted by Gasteiger charge is 2.23. The number of carbonyl (C=O) groups excluding carboxylic acids is 1. The maximum Gasteiger partial charge on any atom is 0.306 e. The van der Waals surface area contributed by atoms with Gasteiger partial charge in [0.05, 0.1) is 19.1 Å². The summed E-state index contributed by atoms with van der Waals surface area (Å²) < 4.78 is 0. The number of aliphatic carboxylic acids is 1. The van der Waals surface area contributed by atoms with Crippen molar-refractivity contribution in [1.29, 1.82) is 0 Å². The molecule has 1 rings (SSSR count). The summed E-state index contributed by atoms with van der Waals surface area (Å²) in [4.78, 5) is 25.0. The SMILES string of the molecule is CN1CCN(CC(O)CC(=O)O)CC1=O. The minimum absolute atomic E-state index is 0.00350. The molecule has 1 atom stereocenters. The van der Waals surface area contributed by atoms with Crippen molar-refractivity contribution in [2.24, 2.45) is 0 Å². The molecule has 0 bridgehead atoms. The van der Waals surface area contributed by atoms with Crippen molar-refractivity contribution in [2.45, 2.75) is 12.5 Å². The second kappa shape index (κ2) is 5.09. The zero-order valence-electron chi connectivity index (χ0n) is 8.72. The highest BCUT2D eigenvalue weighted by molar-refractivity contribution is 5.78. The van der Waals surface area contributed by atoms with Gasteiger partial charge >= 0.3 is 5.97 Å². The van der Waals surface area contributed by atoms with Crippen LogP contribution in [-0.4, -0.2) is 71.2 Å². The Balaban J connectivity index is 2.33. The summed E-state index contributed by atoms with van der Waals surface area (Å²) in [5.41, 5.74) is 0. The smallest absolute Gasteiger partial charge is 0.306 e. The second-order valence-electron chi connectivity index (χ2n) is 3.80. The Morgan fingerprint density at radius 1 is 1.53 bits per heavy atom. The lowest BCUT2D eigenvalue weighted by atomic mass is 10.2. The number of β-amino-alcohol motifs (C(OH)–C–C–N with tert-alkyl or cyclic N) is 1. The van der Waals surface area contributed by atoms with Crippen molar-refractivity contribution in [3.05, 3.63) is 0 Å². The van der Waals surface area contributed by atoms with Crippen LogP contribution in [0.1, 0.15) is 6.42 Å². The molecule has 1 unspecified atom stereocenters. The molecular weight excluding hydrogens is 200 g/mol. The number of carboxylic acid groups (broad SMARTS) is 1. The number of carboxylic acids is 1. The van der Waals surface area contributed by atoms with Gasteiger partial charge in [0, 0.05) is 26.7 Å². The van der Waals surface area contributed by atoms with E-state index in [0.717, 1.165) is 0 Å². The molecule has 6 nitrogen and oxygen atoms in total. The topological polar surface area (TPSA) is 81.1 Å². The molecule has 6 heteroatoms. The number of amides is 1. The van der Waals surface area contributed by atoms with Crippen molar-refractivity contribution in [1.82, 2.24) is 9.80 Å². The summed E-state index contributed by atoms with van der Waals surface area (Å²) in [6.07, 6.45) is -1.18. The summed E-state index contributed by atoms with van der Waals surface area (Å²) in [5, 5.41) is 17.8. The third kappa shape index (κ3) is 3.85. The zero-order valence-corrected chi connectivity index (χ0v) is 8.72. The first kappa shape index (κ1) is 11.9. The first-order valence-electron chi connectivity index (χ1n) is 4.85. The zero-order chi connectivity index (χ0) is 11.4. The van der Waals surface area contributed by atoms with Gasteiger partial charge in [-0.25, -0.2) is 0 Å². The van der Waals surface area contributed by atoms with Gasteiger partial charge in [-0.05, 0) is 0 Å². The molecule has 1 amide bonds. The van der Waals surface area contributed by atoms with Gasteiger partial charge in [0.1, 0.15) is 0 Å². The maximum atomic E-state index is 11.3. The molecule has 86 valence electrons. The van der Waals surface area contributed by atoms with E-state index < -0.39 is 12.1 Å². The lowest BCUT2D eigenvalue weighted by Crippen LogP contribution is -2.50. The fourth-order valence-corrected chi connectivity index (χ4v) is 1.53. The van der Waals surface area contributed by atoms with Gasteiger partial charge in [-0.2, -0.15) is 0 Å². The highest BCUT2D eigenvalue weighted by Crippen LogP contribution is 2.03. The molecule has 1 fully saturated rings. The van der Waals surface area contributed by atoms with Gasteiger partial charge in [0.15, 0.2) is 0 Å². The number of aliphatic hydroxyl groups is 1. The van der Waals surface area contributed by atoms with Crippen molar-refractivity contribution in [3.63, 3.8) is 0 Å². The standard InChI is InChI=1S/C9H16N2O4/c1-10-2-3-11(6-8(10)13)5-7(12)4-9(14)15/h7,12H,2-6H2,1H3,(H,14,15). The fourth-order valence-electron chi connectivity index (χ4n) is 1.53. The Kier molecular flexibility index (Phi) is 4.05. The number of hydrogen-bond acceptors (Lipinski definition) is 4. The molecular formula is C9H16N2O4. The highest BCUT2D eigenvalue weighted by atomic mass is 16.4. The quantitative estimate of drug-likeness (QED) is 0.604. The van der Waals surface area contributed by atoms with Crippen LogP contribution >= 0.6 is 0 Å². The molecule has 0 aromatic rings. The molecule has 0 aromatic carbocycles. The molecule has 0 radical (unpaired) electrons. The van der Waals surface area contributed by atoms with Crippen LogP contribution in [0, 0.1) is 0 Å². The van der Waals surface area contributed by atoms with Crippen LogP contribution in [0.25, 0.3) is 0 Å². The van der Waals surface area contributed by atoms with Crippen LogP contribution in [0.5, 0.6) is 0 Å². The largest absolute Gasteiger partial charge is 0.481 e. The van der Waals surface area contributed by atoms with E-state index >= 15 is 0 Å². The molecule has 0 aliphatic carbocycles. The third-order valence-electron chi connectivity index (χ3n) is 2.42. The lowest BCUT2D eigenvalue weighted by molar-refractivity contribution is -0.139. The Labute approximate surface area is 88.1 Å². The van der Waals surface area contributed by atoms with Gasteiger partial charge in [0.2, 0.25) is 5.91 Å². The number of piperazine rings is 1. The van der Waals surface area contributed by atoms with Crippen LogP contribution in [-0.2, 0) is 9.59 Å². The fraction of sp³-hybridized carbons (Fsp3) is 0.778. The average molecular weight is 216 g/mol. The minimum Gasteiger partial charge on any atom is -0.481 e. The molecule has 1 saturated heterocycles. The van der Waals surface area contributed by atoms with Crippen molar-refractivity contribution in [2.75, 3.05) is 33.2 Å². The van der Waals surface area contributed by atoms with E-state index in [1.54, 1.807) is 16.8 Å². The molecule has 0 aromatic heterocycles. The number of carbonyl (C=O) groups is 2. The number of aliphatic hydroxyl groups excluding tert-OH is 1. The molecule has 0 saturated carbocycles.